The van der Waals surface area contributed by atoms with Crippen LogP contribution in [0, 0.1) is 0 Å². The van der Waals surface area contributed by atoms with Gasteiger partial charge in [-0.15, -0.1) is 0 Å². The molecule has 2 aromatic rings. The number of hydrogen-bond acceptors (Lipinski definition) is 2. The standard InChI is InChI=1S/C17H17NO2/c1-13(19)15-8-10-16(11-9-15)18-17(20)12-7-14-5-3-2-4-6-14/h2-6,8-11H,7,12H2,1H3,(H,18,20). The summed E-state index contributed by atoms with van der Waals surface area (Å²) in [6.07, 6.45) is 1.16. The zero-order valence-corrected chi connectivity index (χ0v) is 11.4. The molecule has 2 rings (SSSR count). The minimum Gasteiger partial charge on any atom is -0.326 e. The van der Waals surface area contributed by atoms with Gasteiger partial charge in [0, 0.05) is 17.7 Å². The Kier molecular flexibility index (Phi) is 4.66. The van der Waals surface area contributed by atoms with Gasteiger partial charge in [0.05, 0.1) is 0 Å². The Morgan fingerprint density at radius 2 is 1.60 bits per heavy atom. The molecule has 0 radical (unpaired) electrons. The summed E-state index contributed by atoms with van der Waals surface area (Å²) in [6.45, 7) is 1.52. The molecule has 0 fully saturated rings. The molecular formula is C17H17NO2. The smallest absolute Gasteiger partial charge is 0.224 e. The topological polar surface area (TPSA) is 46.2 Å². The van der Waals surface area contributed by atoms with Crippen molar-refractivity contribution in [1.29, 1.82) is 0 Å². The Bertz CT molecular complexity index is 588. The van der Waals surface area contributed by atoms with E-state index in [4.69, 9.17) is 0 Å². The van der Waals surface area contributed by atoms with Gasteiger partial charge in [-0.1, -0.05) is 30.3 Å². The van der Waals surface area contributed by atoms with E-state index in [-0.39, 0.29) is 11.7 Å². The highest BCUT2D eigenvalue weighted by Crippen LogP contribution is 2.11. The van der Waals surface area contributed by atoms with Crippen LogP contribution in [-0.4, -0.2) is 11.7 Å². The van der Waals surface area contributed by atoms with Crippen LogP contribution in [-0.2, 0) is 11.2 Å². The van der Waals surface area contributed by atoms with Crippen molar-refractivity contribution in [2.24, 2.45) is 0 Å². The van der Waals surface area contributed by atoms with Crippen LogP contribution < -0.4 is 5.32 Å². The number of ketones is 1. The fraction of sp³-hybridized carbons (Fsp3) is 0.176. The largest absolute Gasteiger partial charge is 0.326 e. The normalized spacial score (nSPS) is 10.1. The number of hydrogen-bond donors (Lipinski definition) is 1. The zero-order chi connectivity index (χ0) is 14.4. The van der Waals surface area contributed by atoms with Gasteiger partial charge in [-0.2, -0.15) is 0 Å². The van der Waals surface area contributed by atoms with Gasteiger partial charge in [-0.25, -0.2) is 0 Å². The minimum absolute atomic E-state index is 0.0203. The van der Waals surface area contributed by atoms with Crippen molar-refractivity contribution in [3.63, 3.8) is 0 Å². The SMILES string of the molecule is CC(=O)c1ccc(NC(=O)CCc2ccccc2)cc1. The Balaban J connectivity index is 1.86. The molecule has 0 bridgehead atoms. The third-order valence-corrected chi connectivity index (χ3v) is 3.06. The maximum absolute atomic E-state index is 11.8. The average molecular weight is 267 g/mol. The lowest BCUT2D eigenvalue weighted by atomic mass is 10.1. The number of benzene rings is 2. The number of Topliss-reactive ketones (excluding diaryl/α,β-unsaturated/α-hetero) is 1. The first-order valence-corrected chi connectivity index (χ1v) is 6.60. The third kappa shape index (κ3) is 4.05. The van der Waals surface area contributed by atoms with Crippen molar-refractivity contribution >= 4 is 17.4 Å². The molecule has 0 atom stereocenters. The van der Waals surface area contributed by atoms with Crippen molar-refractivity contribution in [2.75, 3.05) is 5.32 Å². The summed E-state index contributed by atoms with van der Waals surface area (Å²) in [7, 11) is 0. The monoisotopic (exact) mass is 267 g/mol. The maximum Gasteiger partial charge on any atom is 0.224 e. The summed E-state index contributed by atoms with van der Waals surface area (Å²) in [5, 5.41) is 2.83. The molecule has 0 aliphatic heterocycles. The summed E-state index contributed by atoms with van der Waals surface area (Å²) < 4.78 is 0. The Labute approximate surface area is 118 Å². The van der Waals surface area contributed by atoms with Crippen LogP contribution in [0.3, 0.4) is 0 Å². The van der Waals surface area contributed by atoms with Crippen LogP contribution in [0.4, 0.5) is 5.69 Å². The highest BCUT2D eigenvalue weighted by molar-refractivity contribution is 5.95. The number of aryl methyl sites for hydroxylation is 1. The molecule has 1 amide bonds. The average Bonchev–Trinajstić information content (AvgIpc) is 2.47. The van der Waals surface area contributed by atoms with Gasteiger partial charge >= 0.3 is 0 Å². The number of carbonyl (C=O) groups excluding carboxylic acids is 2. The zero-order valence-electron chi connectivity index (χ0n) is 11.4. The van der Waals surface area contributed by atoms with E-state index in [1.54, 1.807) is 24.3 Å². The van der Waals surface area contributed by atoms with Crippen LogP contribution in [0.5, 0.6) is 0 Å². The van der Waals surface area contributed by atoms with E-state index >= 15 is 0 Å². The fourth-order valence-electron chi connectivity index (χ4n) is 1.91. The van der Waals surface area contributed by atoms with Gasteiger partial charge in [-0.05, 0) is 43.2 Å². The fourth-order valence-corrected chi connectivity index (χ4v) is 1.91. The molecule has 0 aliphatic rings. The van der Waals surface area contributed by atoms with Gasteiger partial charge in [0.15, 0.2) is 5.78 Å². The summed E-state index contributed by atoms with van der Waals surface area (Å²) in [6, 6.07) is 16.8. The summed E-state index contributed by atoms with van der Waals surface area (Å²) in [5.41, 5.74) is 2.51. The van der Waals surface area contributed by atoms with Crippen LogP contribution in [0.1, 0.15) is 29.3 Å². The lowest BCUT2D eigenvalue weighted by molar-refractivity contribution is -0.116. The van der Waals surface area contributed by atoms with E-state index in [0.29, 0.717) is 17.7 Å². The molecule has 2 aromatic carbocycles. The number of carbonyl (C=O) groups is 2. The molecule has 20 heavy (non-hydrogen) atoms. The molecule has 0 spiro atoms. The Morgan fingerprint density at radius 3 is 2.20 bits per heavy atom. The Hall–Kier alpha value is -2.42. The number of amides is 1. The van der Waals surface area contributed by atoms with Crippen LogP contribution in [0.25, 0.3) is 0 Å². The van der Waals surface area contributed by atoms with Crippen molar-refractivity contribution in [2.45, 2.75) is 19.8 Å². The molecule has 0 aromatic heterocycles. The molecule has 3 nitrogen and oxygen atoms in total. The highest BCUT2D eigenvalue weighted by Gasteiger charge is 2.04. The second-order valence-corrected chi connectivity index (χ2v) is 4.67. The molecule has 0 aliphatic carbocycles. The van der Waals surface area contributed by atoms with Gasteiger partial charge in [0.1, 0.15) is 0 Å². The first-order valence-electron chi connectivity index (χ1n) is 6.60. The highest BCUT2D eigenvalue weighted by atomic mass is 16.1. The number of anilines is 1. The van der Waals surface area contributed by atoms with Gasteiger partial charge in [0.2, 0.25) is 5.91 Å². The van der Waals surface area contributed by atoms with E-state index in [1.807, 2.05) is 30.3 Å². The van der Waals surface area contributed by atoms with Crippen LogP contribution in [0.15, 0.2) is 54.6 Å². The molecule has 3 heteroatoms. The summed E-state index contributed by atoms with van der Waals surface area (Å²) in [4.78, 5) is 23.0. The second kappa shape index (κ2) is 6.66. The second-order valence-electron chi connectivity index (χ2n) is 4.67. The minimum atomic E-state index is -0.0237. The first kappa shape index (κ1) is 14.0. The molecule has 0 saturated carbocycles. The third-order valence-electron chi connectivity index (χ3n) is 3.06. The molecule has 0 saturated heterocycles. The van der Waals surface area contributed by atoms with E-state index in [2.05, 4.69) is 5.32 Å². The van der Waals surface area contributed by atoms with E-state index < -0.39 is 0 Å². The number of rotatable bonds is 5. The van der Waals surface area contributed by atoms with Crippen molar-refractivity contribution in [3.8, 4) is 0 Å². The van der Waals surface area contributed by atoms with Crippen LogP contribution >= 0.6 is 0 Å². The molecular weight excluding hydrogens is 250 g/mol. The molecule has 0 unspecified atom stereocenters. The van der Waals surface area contributed by atoms with Gasteiger partial charge in [-0.3, -0.25) is 9.59 Å². The van der Waals surface area contributed by atoms with Gasteiger partial charge < -0.3 is 5.32 Å². The molecule has 102 valence electrons. The lowest BCUT2D eigenvalue weighted by Gasteiger charge is -2.06. The Morgan fingerprint density at radius 1 is 0.950 bits per heavy atom. The quantitative estimate of drug-likeness (QED) is 0.843. The maximum atomic E-state index is 11.8. The van der Waals surface area contributed by atoms with E-state index in [9.17, 15) is 9.59 Å². The predicted octanol–water partition coefficient (Wildman–Crippen LogP) is 3.46. The molecule has 1 N–H and O–H groups in total. The number of nitrogens with one attached hydrogen (secondary N) is 1. The first-order chi connectivity index (χ1) is 9.65. The van der Waals surface area contributed by atoms with Gasteiger partial charge in [0.25, 0.3) is 0 Å². The summed E-state index contributed by atoms with van der Waals surface area (Å²) in [5.74, 6) is -0.00335. The predicted molar refractivity (Wildman–Crippen MR) is 79.8 cm³/mol. The summed E-state index contributed by atoms with van der Waals surface area (Å²) >= 11 is 0. The van der Waals surface area contributed by atoms with Crippen LogP contribution in [0.2, 0.25) is 0 Å². The van der Waals surface area contributed by atoms with E-state index in [1.165, 1.54) is 6.92 Å². The lowest BCUT2D eigenvalue weighted by Crippen LogP contribution is -2.12. The van der Waals surface area contributed by atoms with Crippen molar-refractivity contribution in [1.82, 2.24) is 0 Å². The van der Waals surface area contributed by atoms with Crippen molar-refractivity contribution < 1.29 is 9.59 Å². The molecule has 0 heterocycles. The van der Waals surface area contributed by atoms with Crippen molar-refractivity contribution in [3.05, 3.63) is 65.7 Å². The van der Waals surface area contributed by atoms with E-state index in [0.717, 1.165) is 12.0 Å².